The third kappa shape index (κ3) is 4.09. The number of H-pyrrole nitrogens is 1. The first-order valence-electron chi connectivity index (χ1n) is 11.1. The van der Waals surface area contributed by atoms with Gasteiger partial charge < -0.3 is 9.72 Å². The third-order valence-corrected chi connectivity index (χ3v) is 6.75. The van der Waals surface area contributed by atoms with Crippen LogP contribution in [0.15, 0.2) is 23.0 Å². The minimum absolute atomic E-state index is 0.150. The maximum absolute atomic E-state index is 13.4. The molecule has 0 amide bonds. The lowest BCUT2D eigenvalue weighted by molar-refractivity contribution is 0.126. The Morgan fingerprint density at radius 3 is 2.72 bits per heavy atom. The molecule has 1 aliphatic heterocycles. The van der Waals surface area contributed by atoms with Crippen LogP contribution in [-0.4, -0.2) is 29.1 Å². The molecule has 0 radical (unpaired) electrons. The Morgan fingerprint density at radius 1 is 1.24 bits per heavy atom. The van der Waals surface area contributed by atoms with E-state index in [0.717, 1.165) is 41.0 Å². The standard InChI is InChI=1S/C25H36N2O2/c1-16(2)13-29-19-7-8-22-20(9-19)23(28)21(17(3)26-22)12-27-15-25(6)11-18(27)10-24(4,5)14-25/h7-9,16,18H,10-15H2,1-6H3,(H,26,28). The maximum Gasteiger partial charge on any atom is 0.194 e. The number of benzene rings is 1. The second-order valence-electron chi connectivity index (χ2n) is 11.1. The van der Waals surface area contributed by atoms with E-state index in [1.165, 1.54) is 19.3 Å². The summed E-state index contributed by atoms with van der Waals surface area (Å²) in [6.07, 6.45) is 3.76. The highest BCUT2D eigenvalue weighted by atomic mass is 16.5. The van der Waals surface area contributed by atoms with Crippen LogP contribution in [-0.2, 0) is 6.54 Å². The third-order valence-electron chi connectivity index (χ3n) is 6.75. The molecule has 2 aliphatic rings. The van der Waals surface area contributed by atoms with Crippen molar-refractivity contribution in [2.45, 2.75) is 73.4 Å². The van der Waals surface area contributed by atoms with Crippen LogP contribution in [0.1, 0.15) is 65.1 Å². The molecule has 2 bridgehead atoms. The first kappa shape index (κ1) is 20.5. The molecule has 2 fully saturated rings. The number of nitrogens with one attached hydrogen (secondary N) is 1. The highest BCUT2D eigenvalue weighted by Gasteiger charge is 2.49. The molecule has 2 atom stereocenters. The molecule has 4 rings (SSSR count). The van der Waals surface area contributed by atoms with Crippen molar-refractivity contribution in [1.82, 2.24) is 9.88 Å². The van der Waals surface area contributed by atoms with Gasteiger partial charge in [0.25, 0.3) is 0 Å². The van der Waals surface area contributed by atoms with E-state index < -0.39 is 0 Å². The Kier molecular flexibility index (Phi) is 5.05. The van der Waals surface area contributed by atoms with Crippen molar-refractivity contribution in [3.05, 3.63) is 39.7 Å². The van der Waals surface area contributed by atoms with Crippen LogP contribution < -0.4 is 10.2 Å². The lowest BCUT2D eigenvalue weighted by Gasteiger charge is -2.40. The van der Waals surface area contributed by atoms with Crippen LogP contribution in [0.25, 0.3) is 10.9 Å². The van der Waals surface area contributed by atoms with Crippen LogP contribution >= 0.6 is 0 Å². The molecular formula is C25H36N2O2. The number of aromatic nitrogens is 1. The lowest BCUT2D eigenvalue weighted by atomic mass is 9.65. The van der Waals surface area contributed by atoms with Gasteiger partial charge in [0, 0.05) is 41.3 Å². The fraction of sp³-hybridized carbons (Fsp3) is 0.640. The summed E-state index contributed by atoms with van der Waals surface area (Å²) in [5.74, 6) is 1.23. The smallest absolute Gasteiger partial charge is 0.194 e. The number of hydrogen-bond donors (Lipinski definition) is 1. The van der Waals surface area contributed by atoms with Gasteiger partial charge in [-0.1, -0.05) is 34.6 Å². The predicted molar refractivity (Wildman–Crippen MR) is 120 cm³/mol. The Balaban J connectivity index is 1.64. The van der Waals surface area contributed by atoms with Gasteiger partial charge in [-0.15, -0.1) is 0 Å². The molecule has 1 saturated heterocycles. The molecule has 4 nitrogen and oxygen atoms in total. The average Bonchev–Trinajstić information content (AvgIpc) is 2.85. The molecule has 158 valence electrons. The van der Waals surface area contributed by atoms with Gasteiger partial charge in [0.2, 0.25) is 0 Å². The molecule has 1 aliphatic carbocycles. The first-order chi connectivity index (χ1) is 13.6. The van der Waals surface area contributed by atoms with Gasteiger partial charge in [0.1, 0.15) is 5.75 Å². The van der Waals surface area contributed by atoms with E-state index in [-0.39, 0.29) is 5.43 Å². The number of likely N-dealkylation sites (tertiary alicyclic amines) is 1. The topological polar surface area (TPSA) is 45.3 Å². The molecule has 2 aromatic rings. The SMILES string of the molecule is Cc1[nH]c2ccc(OCC(C)C)cc2c(=O)c1CN1CC2(C)CC1CC(C)(C)C2. The Hall–Kier alpha value is -1.81. The second kappa shape index (κ2) is 7.16. The maximum atomic E-state index is 13.4. The molecular weight excluding hydrogens is 360 g/mol. The average molecular weight is 397 g/mol. The first-order valence-corrected chi connectivity index (χ1v) is 11.1. The van der Waals surface area contributed by atoms with Crippen LogP contribution in [0.2, 0.25) is 0 Å². The van der Waals surface area contributed by atoms with E-state index in [4.69, 9.17) is 4.74 Å². The van der Waals surface area contributed by atoms with Gasteiger partial charge in [-0.05, 0) is 61.1 Å². The highest BCUT2D eigenvalue weighted by Crippen LogP contribution is 2.52. The zero-order valence-corrected chi connectivity index (χ0v) is 18.9. The highest BCUT2D eigenvalue weighted by molar-refractivity contribution is 5.81. The van der Waals surface area contributed by atoms with Gasteiger partial charge in [-0.3, -0.25) is 9.69 Å². The number of ether oxygens (including phenoxy) is 1. The zero-order valence-electron chi connectivity index (χ0n) is 18.9. The van der Waals surface area contributed by atoms with Gasteiger partial charge in [0.15, 0.2) is 5.43 Å². The monoisotopic (exact) mass is 396 g/mol. The van der Waals surface area contributed by atoms with Gasteiger partial charge >= 0.3 is 0 Å². The summed E-state index contributed by atoms with van der Waals surface area (Å²) in [6, 6.07) is 6.41. The quantitative estimate of drug-likeness (QED) is 0.749. The number of aryl methyl sites for hydroxylation is 1. The van der Waals surface area contributed by atoms with Gasteiger partial charge in [-0.25, -0.2) is 0 Å². The van der Waals surface area contributed by atoms with Crippen molar-refractivity contribution in [2.24, 2.45) is 16.7 Å². The summed E-state index contributed by atoms with van der Waals surface area (Å²) >= 11 is 0. The summed E-state index contributed by atoms with van der Waals surface area (Å²) in [7, 11) is 0. The van der Waals surface area contributed by atoms with Crippen molar-refractivity contribution >= 4 is 10.9 Å². The molecule has 1 saturated carbocycles. The van der Waals surface area contributed by atoms with E-state index in [0.29, 0.717) is 29.4 Å². The molecule has 1 aromatic heterocycles. The Labute approximate surface area is 174 Å². The fourth-order valence-electron chi connectivity index (χ4n) is 5.94. The predicted octanol–water partition coefficient (Wildman–Crippen LogP) is 5.27. The Morgan fingerprint density at radius 2 is 2.00 bits per heavy atom. The normalized spacial score (nSPS) is 26.4. The number of fused-ring (bicyclic) bond motifs is 3. The van der Waals surface area contributed by atoms with E-state index in [9.17, 15) is 4.79 Å². The lowest BCUT2D eigenvalue weighted by Crippen LogP contribution is -2.35. The number of aromatic amines is 1. The van der Waals surface area contributed by atoms with E-state index >= 15 is 0 Å². The van der Waals surface area contributed by atoms with E-state index in [2.05, 4.69) is 44.5 Å². The Bertz CT molecular complexity index is 975. The minimum atomic E-state index is 0.150. The molecule has 2 unspecified atom stereocenters. The van der Waals surface area contributed by atoms with Crippen LogP contribution in [0.5, 0.6) is 5.75 Å². The zero-order chi connectivity index (χ0) is 21.0. The van der Waals surface area contributed by atoms with Crippen molar-refractivity contribution in [2.75, 3.05) is 13.2 Å². The fourth-order valence-corrected chi connectivity index (χ4v) is 5.94. The summed E-state index contributed by atoms with van der Waals surface area (Å²) in [4.78, 5) is 19.5. The van der Waals surface area contributed by atoms with Gasteiger partial charge in [-0.2, -0.15) is 0 Å². The van der Waals surface area contributed by atoms with Gasteiger partial charge in [0.05, 0.1) is 6.61 Å². The summed E-state index contributed by atoms with van der Waals surface area (Å²) < 4.78 is 5.86. The van der Waals surface area contributed by atoms with Crippen LogP contribution in [0.4, 0.5) is 0 Å². The van der Waals surface area contributed by atoms with Crippen LogP contribution in [0, 0.1) is 23.7 Å². The molecule has 1 N–H and O–H groups in total. The largest absolute Gasteiger partial charge is 0.493 e. The number of rotatable bonds is 5. The minimum Gasteiger partial charge on any atom is -0.493 e. The molecule has 4 heteroatoms. The molecule has 2 heterocycles. The van der Waals surface area contributed by atoms with Crippen molar-refractivity contribution in [1.29, 1.82) is 0 Å². The van der Waals surface area contributed by atoms with E-state index in [1.807, 2.05) is 25.1 Å². The second-order valence-corrected chi connectivity index (χ2v) is 11.1. The summed E-state index contributed by atoms with van der Waals surface area (Å²) in [5.41, 5.74) is 3.71. The number of nitrogens with zero attached hydrogens (tertiary/aromatic N) is 1. The number of pyridine rings is 1. The summed E-state index contributed by atoms with van der Waals surface area (Å²) in [6.45, 7) is 16.0. The van der Waals surface area contributed by atoms with Crippen molar-refractivity contribution in [3.8, 4) is 5.75 Å². The molecule has 29 heavy (non-hydrogen) atoms. The van der Waals surface area contributed by atoms with Crippen molar-refractivity contribution < 1.29 is 4.74 Å². The van der Waals surface area contributed by atoms with Crippen LogP contribution in [0.3, 0.4) is 0 Å². The summed E-state index contributed by atoms with van der Waals surface area (Å²) in [5, 5.41) is 0.737. The number of hydrogen-bond acceptors (Lipinski definition) is 3. The molecule has 1 aromatic carbocycles. The molecule has 0 spiro atoms. The van der Waals surface area contributed by atoms with Crippen molar-refractivity contribution in [3.63, 3.8) is 0 Å². The van der Waals surface area contributed by atoms with E-state index in [1.54, 1.807) is 0 Å².